The standard InChI is InChI=1S/C18H20N6OS.ClH/c1-12-4-2-3-5-14(12)16-11-26-18(20-16)21-17(25)15-10-24(23-22-15)13-6-8-19-9-7-13;/h2-5,10-11,13,19H,6-9H2,1H3,(H,20,21,25);1H. The van der Waals surface area contributed by atoms with Crippen LogP contribution < -0.4 is 10.6 Å². The number of carbonyl (C=O) groups excluding carboxylic acids is 1. The van der Waals surface area contributed by atoms with E-state index in [1.165, 1.54) is 11.3 Å². The molecule has 1 aliphatic heterocycles. The normalized spacial score (nSPS) is 14.6. The summed E-state index contributed by atoms with van der Waals surface area (Å²) in [6.45, 7) is 3.98. The summed E-state index contributed by atoms with van der Waals surface area (Å²) >= 11 is 1.40. The summed E-state index contributed by atoms with van der Waals surface area (Å²) in [5.41, 5.74) is 3.40. The molecule has 2 N–H and O–H groups in total. The lowest BCUT2D eigenvalue weighted by molar-refractivity contribution is 0.102. The van der Waals surface area contributed by atoms with Crippen molar-refractivity contribution in [1.82, 2.24) is 25.3 Å². The van der Waals surface area contributed by atoms with Crippen LogP contribution in [0.5, 0.6) is 0 Å². The van der Waals surface area contributed by atoms with E-state index in [0.29, 0.717) is 16.9 Å². The van der Waals surface area contributed by atoms with Crippen molar-refractivity contribution in [3.8, 4) is 11.3 Å². The van der Waals surface area contributed by atoms with Gasteiger partial charge in [-0.05, 0) is 38.4 Å². The van der Waals surface area contributed by atoms with Gasteiger partial charge in [0.2, 0.25) is 0 Å². The Labute approximate surface area is 167 Å². The third-order valence-corrected chi connectivity index (χ3v) is 5.33. The summed E-state index contributed by atoms with van der Waals surface area (Å²) in [4.78, 5) is 17.0. The van der Waals surface area contributed by atoms with Crippen molar-refractivity contribution in [2.45, 2.75) is 25.8 Å². The number of halogens is 1. The fraction of sp³-hybridized carbons (Fsp3) is 0.333. The van der Waals surface area contributed by atoms with Crippen LogP contribution in [0.15, 0.2) is 35.8 Å². The van der Waals surface area contributed by atoms with E-state index in [4.69, 9.17) is 0 Å². The molecule has 1 fully saturated rings. The summed E-state index contributed by atoms with van der Waals surface area (Å²) in [6, 6.07) is 8.36. The van der Waals surface area contributed by atoms with Gasteiger partial charge in [-0.3, -0.25) is 10.1 Å². The van der Waals surface area contributed by atoms with E-state index in [0.717, 1.165) is 42.8 Å². The minimum atomic E-state index is -0.282. The number of thiazole rings is 1. The van der Waals surface area contributed by atoms with E-state index in [-0.39, 0.29) is 18.3 Å². The average Bonchev–Trinajstić information content (AvgIpc) is 3.33. The summed E-state index contributed by atoms with van der Waals surface area (Å²) in [5.74, 6) is -0.282. The highest BCUT2D eigenvalue weighted by Crippen LogP contribution is 2.27. The molecular formula is C18H21ClN6OS. The molecule has 0 aliphatic carbocycles. The number of carbonyl (C=O) groups is 1. The smallest absolute Gasteiger partial charge is 0.279 e. The van der Waals surface area contributed by atoms with Crippen LogP contribution >= 0.6 is 23.7 Å². The first kappa shape index (κ1) is 19.5. The largest absolute Gasteiger partial charge is 0.317 e. The third kappa shape index (κ3) is 4.35. The zero-order valence-corrected chi connectivity index (χ0v) is 16.5. The molecule has 1 aliphatic rings. The highest BCUT2D eigenvalue weighted by Gasteiger charge is 2.19. The number of aryl methyl sites for hydroxylation is 1. The van der Waals surface area contributed by atoms with E-state index in [1.54, 1.807) is 10.9 Å². The van der Waals surface area contributed by atoms with Crippen LogP contribution in [0, 0.1) is 6.92 Å². The van der Waals surface area contributed by atoms with Crippen molar-refractivity contribution in [2.24, 2.45) is 0 Å². The lowest BCUT2D eigenvalue weighted by Crippen LogP contribution is -2.29. The number of aromatic nitrogens is 4. The van der Waals surface area contributed by atoms with E-state index in [9.17, 15) is 4.79 Å². The first-order valence-corrected chi connectivity index (χ1v) is 9.54. The topological polar surface area (TPSA) is 84.7 Å². The molecule has 2 aromatic heterocycles. The van der Waals surface area contributed by atoms with Gasteiger partial charge in [-0.2, -0.15) is 0 Å². The Kier molecular flexibility index (Phi) is 6.20. The van der Waals surface area contributed by atoms with E-state index < -0.39 is 0 Å². The molecule has 1 amide bonds. The quantitative estimate of drug-likeness (QED) is 0.696. The second kappa shape index (κ2) is 8.60. The number of hydrogen-bond donors (Lipinski definition) is 2. The van der Waals surface area contributed by atoms with Gasteiger partial charge in [-0.1, -0.05) is 29.5 Å². The molecule has 142 valence electrons. The van der Waals surface area contributed by atoms with Crippen LogP contribution in [-0.2, 0) is 0 Å². The third-order valence-electron chi connectivity index (χ3n) is 4.57. The Hall–Kier alpha value is -2.29. The molecule has 3 aromatic rings. The predicted molar refractivity (Wildman–Crippen MR) is 109 cm³/mol. The Bertz CT molecular complexity index is 918. The molecule has 1 aromatic carbocycles. The molecule has 0 spiro atoms. The van der Waals surface area contributed by atoms with Gasteiger partial charge in [0.1, 0.15) is 0 Å². The van der Waals surface area contributed by atoms with Crippen LogP contribution in [0.3, 0.4) is 0 Å². The van der Waals surface area contributed by atoms with Crippen molar-refractivity contribution in [1.29, 1.82) is 0 Å². The lowest BCUT2D eigenvalue weighted by Gasteiger charge is -2.21. The molecule has 27 heavy (non-hydrogen) atoms. The van der Waals surface area contributed by atoms with Crippen molar-refractivity contribution >= 4 is 34.8 Å². The number of piperidine rings is 1. The van der Waals surface area contributed by atoms with Crippen molar-refractivity contribution < 1.29 is 4.79 Å². The zero-order valence-electron chi connectivity index (χ0n) is 14.9. The van der Waals surface area contributed by atoms with Gasteiger partial charge in [0, 0.05) is 10.9 Å². The first-order chi connectivity index (χ1) is 12.7. The number of benzene rings is 1. The number of anilines is 1. The van der Waals surface area contributed by atoms with Gasteiger partial charge in [0.15, 0.2) is 10.8 Å². The van der Waals surface area contributed by atoms with Crippen LogP contribution in [0.25, 0.3) is 11.3 Å². The van der Waals surface area contributed by atoms with Gasteiger partial charge in [0.05, 0.1) is 17.9 Å². The summed E-state index contributed by atoms with van der Waals surface area (Å²) in [6.07, 6.45) is 3.72. The molecule has 3 heterocycles. The molecule has 1 saturated heterocycles. The maximum Gasteiger partial charge on any atom is 0.279 e. The minimum absolute atomic E-state index is 0. The highest BCUT2D eigenvalue weighted by molar-refractivity contribution is 7.14. The number of nitrogens with one attached hydrogen (secondary N) is 2. The van der Waals surface area contributed by atoms with E-state index >= 15 is 0 Å². The second-order valence-corrected chi connectivity index (χ2v) is 7.23. The van der Waals surface area contributed by atoms with Gasteiger partial charge < -0.3 is 5.32 Å². The monoisotopic (exact) mass is 404 g/mol. The summed E-state index contributed by atoms with van der Waals surface area (Å²) in [7, 11) is 0. The maximum atomic E-state index is 12.5. The van der Waals surface area contributed by atoms with Crippen LogP contribution in [0.2, 0.25) is 0 Å². The number of amides is 1. The molecule has 0 saturated carbocycles. The number of nitrogens with zero attached hydrogens (tertiary/aromatic N) is 4. The molecular weight excluding hydrogens is 384 g/mol. The summed E-state index contributed by atoms with van der Waals surface area (Å²) in [5, 5.41) is 16.8. The van der Waals surface area contributed by atoms with Crippen molar-refractivity contribution in [3.05, 3.63) is 47.1 Å². The average molecular weight is 405 g/mol. The Morgan fingerprint density at radius 3 is 2.85 bits per heavy atom. The van der Waals surface area contributed by atoms with Crippen molar-refractivity contribution in [3.63, 3.8) is 0 Å². The highest BCUT2D eigenvalue weighted by atomic mass is 35.5. The molecule has 9 heteroatoms. The molecule has 0 radical (unpaired) electrons. The molecule has 0 unspecified atom stereocenters. The number of hydrogen-bond acceptors (Lipinski definition) is 6. The maximum absolute atomic E-state index is 12.5. The molecule has 7 nitrogen and oxygen atoms in total. The first-order valence-electron chi connectivity index (χ1n) is 8.66. The Balaban J connectivity index is 0.00000210. The zero-order chi connectivity index (χ0) is 17.9. The van der Waals surface area contributed by atoms with Crippen LogP contribution in [0.4, 0.5) is 5.13 Å². The fourth-order valence-corrected chi connectivity index (χ4v) is 3.81. The lowest BCUT2D eigenvalue weighted by atomic mass is 10.1. The van der Waals surface area contributed by atoms with E-state index in [1.807, 2.05) is 36.6 Å². The molecule has 0 atom stereocenters. The minimum Gasteiger partial charge on any atom is -0.317 e. The van der Waals surface area contributed by atoms with Crippen molar-refractivity contribution in [2.75, 3.05) is 18.4 Å². The second-order valence-electron chi connectivity index (χ2n) is 6.37. The van der Waals surface area contributed by atoms with Gasteiger partial charge in [-0.15, -0.1) is 28.8 Å². The van der Waals surface area contributed by atoms with E-state index in [2.05, 4.69) is 25.9 Å². The molecule has 0 bridgehead atoms. The predicted octanol–water partition coefficient (Wildman–Crippen LogP) is 3.31. The van der Waals surface area contributed by atoms with Crippen LogP contribution in [0.1, 0.15) is 34.9 Å². The van der Waals surface area contributed by atoms with Gasteiger partial charge in [0.25, 0.3) is 5.91 Å². The summed E-state index contributed by atoms with van der Waals surface area (Å²) < 4.78 is 1.80. The Morgan fingerprint density at radius 2 is 2.07 bits per heavy atom. The van der Waals surface area contributed by atoms with Gasteiger partial charge >= 0.3 is 0 Å². The fourth-order valence-electron chi connectivity index (χ4n) is 3.11. The van der Waals surface area contributed by atoms with Crippen LogP contribution in [-0.4, -0.2) is 39.0 Å². The molecule has 4 rings (SSSR count). The van der Waals surface area contributed by atoms with Gasteiger partial charge in [-0.25, -0.2) is 9.67 Å². The Morgan fingerprint density at radius 1 is 1.30 bits per heavy atom. The SMILES string of the molecule is Cc1ccccc1-c1csc(NC(=O)c2cn(C3CCNCC3)nn2)n1.Cl. The number of rotatable bonds is 4.